The lowest BCUT2D eigenvalue weighted by atomic mass is 10.2. The molecule has 1 amide bonds. The predicted octanol–water partition coefficient (Wildman–Crippen LogP) is 2.43. The van der Waals surface area contributed by atoms with E-state index in [4.69, 9.17) is 4.74 Å². The summed E-state index contributed by atoms with van der Waals surface area (Å²) in [5.41, 5.74) is 1.87. The highest BCUT2D eigenvalue weighted by molar-refractivity contribution is 5.93. The van der Waals surface area contributed by atoms with Gasteiger partial charge in [0.05, 0.1) is 0 Å². The van der Waals surface area contributed by atoms with Gasteiger partial charge in [-0.2, -0.15) is 5.10 Å². The quantitative estimate of drug-likeness (QED) is 0.886. The molecule has 0 fully saturated rings. The molecule has 0 spiro atoms. The lowest BCUT2D eigenvalue weighted by Gasteiger charge is -2.13. The summed E-state index contributed by atoms with van der Waals surface area (Å²) in [4.78, 5) is 12.0. The third-order valence-corrected chi connectivity index (χ3v) is 2.92. The first-order chi connectivity index (χ1) is 9.08. The van der Waals surface area contributed by atoms with Crippen molar-refractivity contribution in [3.63, 3.8) is 0 Å². The maximum Gasteiger partial charge on any atom is 0.266 e. The van der Waals surface area contributed by atoms with Crippen LogP contribution in [0.4, 0.5) is 5.82 Å². The third-order valence-electron chi connectivity index (χ3n) is 2.92. The van der Waals surface area contributed by atoms with Crippen LogP contribution >= 0.6 is 0 Å². The van der Waals surface area contributed by atoms with Gasteiger partial charge in [0, 0.05) is 11.3 Å². The van der Waals surface area contributed by atoms with Crippen molar-refractivity contribution in [2.24, 2.45) is 0 Å². The number of hydrogen-bond acceptors (Lipinski definition) is 3. The number of amides is 1. The average Bonchev–Trinajstić information content (AvgIpc) is 2.72. The number of carbonyl (C=O) groups excluding carboxylic acids is 1. The number of benzene rings is 1. The van der Waals surface area contributed by atoms with Crippen molar-refractivity contribution in [3.05, 3.63) is 41.6 Å². The summed E-state index contributed by atoms with van der Waals surface area (Å²) >= 11 is 0. The lowest BCUT2D eigenvalue weighted by molar-refractivity contribution is -0.122. The van der Waals surface area contributed by atoms with Crippen LogP contribution in [0, 0.1) is 13.8 Å². The Balaban J connectivity index is 1.98. The van der Waals surface area contributed by atoms with E-state index in [1.54, 1.807) is 6.92 Å². The van der Waals surface area contributed by atoms with E-state index in [2.05, 4.69) is 15.5 Å². The molecule has 1 unspecified atom stereocenters. The molecule has 1 heterocycles. The van der Waals surface area contributed by atoms with E-state index in [0.717, 1.165) is 11.3 Å². The third kappa shape index (κ3) is 3.13. The Morgan fingerprint density at radius 2 is 2.00 bits per heavy atom. The molecule has 1 aromatic carbocycles. The number of carbonyl (C=O) groups is 1. The predicted molar refractivity (Wildman–Crippen MR) is 73.2 cm³/mol. The Kier molecular flexibility index (Phi) is 3.85. The van der Waals surface area contributed by atoms with E-state index in [1.165, 1.54) is 0 Å². The van der Waals surface area contributed by atoms with Crippen LogP contribution in [0.2, 0.25) is 0 Å². The molecule has 19 heavy (non-hydrogen) atoms. The second-order valence-electron chi connectivity index (χ2n) is 4.38. The number of aromatic nitrogens is 2. The molecule has 5 nitrogen and oxygen atoms in total. The van der Waals surface area contributed by atoms with E-state index in [0.29, 0.717) is 11.6 Å². The fraction of sp³-hybridized carbons (Fsp3) is 0.286. The van der Waals surface area contributed by atoms with Crippen molar-refractivity contribution in [3.8, 4) is 5.75 Å². The number of aryl methyl sites for hydroxylation is 1. The molecule has 0 radical (unpaired) electrons. The average molecular weight is 259 g/mol. The topological polar surface area (TPSA) is 67.0 Å². The minimum atomic E-state index is -0.584. The van der Waals surface area contributed by atoms with E-state index in [-0.39, 0.29) is 5.91 Å². The Morgan fingerprint density at radius 3 is 2.58 bits per heavy atom. The van der Waals surface area contributed by atoms with Crippen LogP contribution in [-0.2, 0) is 4.79 Å². The second-order valence-corrected chi connectivity index (χ2v) is 4.38. The Labute approximate surface area is 112 Å². The second kappa shape index (κ2) is 5.56. The standard InChI is InChI=1S/C14H17N3O2/c1-9-10(2)16-17-13(9)15-14(18)11(3)19-12-7-5-4-6-8-12/h4-8,11H,1-3H3,(H2,15,16,17,18). The van der Waals surface area contributed by atoms with Crippen LogP contribution in [0.5, 0.6) is 5.75 Å². The lowest BCUT2D eigenvalue weighted by Crippen LogP contribution is -2.30. The van der Waals surface area contributed by atoms with Gasteiger partial charge in [-0.05, 0) is 32.9 Å². The highest BCUT2D eigenvalue weighted by atomic mass is 16.5. The van der Waals surface area contributed by atoms with Crippen molar-refractivity contribution >= 4 is 11.7 Å². The van der Waals surface area contributed by atoms with Gasteiger partial charge in [0.1, 0.15) is 5.75 Å². The Bertz CT molecular complexity index is 563. The summed E-state index contributed by atoms with van der Waals surface area (Å²) in [5, 5.41) is 9.60. The molecule has 0 bridgehead atoms. The van der Waals surface area contributed by atoms with Gasteiger partial charge in [0.25, 0.3) is 5.91 Å². The number of aromatic amines is 1. The first kappa shape index (κ1) is 13.1. The highest BCUT2D eigenvalue weighted by Crippen LogP contribution is 2.15. The van der Waals surface area contributed by atoms with Crippen LogP contribution in [-0.4, -0.2) is 22.2 Å². The first-order valence-corrected chi connectivity index (χ1v) is 6.12. The van der Waals surface area contributed by atoms with Crippen molar-refractivity contribution in [2.75, 3.05) is 5.32 Å². The van der Waals surface area contributed by atoms with Crippen molar-refractivity contribution < 1.29 is 9.53 Å². The number of para-hydroxylation sites is 1. The molecule has 1 aromatic heterocycles. The fourth-order valence-corrected chi connectivity index (χ4v) is 1.58. The van der Waals surface area contributed by atoms with Crippen LogP contribution in [0.1, 0.15) is 18.2 Å². The van der Waals surface area contributed by atoms with Gasteiger partial charge in [-0.15, -0.1) is 0 Å². The molecule has 0 aliphatic heterocycles. The van der Waals surface area contributed by atoms with Gasteiger partial charge in [-0.1, -0.05) is 18.2 Å². The Morgan fingerprint density at radius 1 is 1.32 bits per heavy atom. The van der Waals surface area contributed by atoms with Crippen LogP contribution in [0.25, 0.3) is 0 Å². The molecule has 0 aliphatic carbocycles. The van der Waals surface area contributed by atoms with Gasteiger partial charge in [0.15, 0.2) is 11.9 Å². The van der Waals surface area contributed by atoms with Gasteiger partial charge in [-0.25, -0.2) is 0 Å². The van der Waals surface area contributed by atoms with E-state index in [9.17, 15) is 4.79 Å². The number of H-pyrrole nitrogens is 1. The summed E-state index contributed by atoms with van der Waals surface area (Å²) in [5.74, 6) is 0.990. The molecule has 0 saturated heterocycles. The van der Waals surface area contributed by atoms with Gasteiger partial charge >= 0.3 is 0 Å². The summed E-state index contributed by atoms with van der Waals surface area (Å²) in [6.07, 6.45) is -0.584. The number of rotatable bonds is 4. The molecule has 100 valence electrons. The van der Waals surface area contributed by atoms with Crippen LogP contribution in [0.15, 0.2) is 30.3 Å². The number of nitrogens with one attached hydrogen (secondary N) is 2. The minimum Gasteiger partial charge on any atom is -0.481 e. The van der Waals surface area contributed by atoms with Gasteiger partial charge in [0.2, 0.25) is 0 Å². The molecule has 5 heteroatoms. The zero-order chi connectivity index (χ0) is 13.8. The smallest absolute Gasteiger partial charge is 0.266 e. The van der Waals surface area contributed by atoms with E-state index >= 15 is 0 Å². The maximum atomic E-state index is 12.0. The molecule has 0 saturated carbocycles. The molecule has 1 atom stereocenters. The normalized spacial score (nSPS) is 11.9. The number of nitrogens with zero attached hydrogens (tertiary/aromatic N) is 1. The van der Waals surface area contributed by atoms with Crippen molar-refractivity contribution in [1.82, 2.24) is 10.2 Å². The molecule has 2 aromatic rings. The van der Waals surface area contributed by atoms with Crippen molar-refractivity contribution in [2.45, 2.75) is 26.9 Å². The SMILES string of the molecule is Cc1[nH]nc(NC(=O)C(C)Oc2ccccc2)c1C. The monoisotopic (exact) mass is 259 g/mol. The zero-order valence-corrected chi connectivity index (χ0v) is 11.2. The zero-order valence-electron chi connectivity index (χ0n) is 11.2. The fourth-order valence-electron chi connectivity index (χ4n) is 1.58. The number of anilines is 1. The van der Waals surface area contributed by atoms with E-state index in [1.807, 2.05) is 44.2 Å². The number of ether oxygens (including phenoxy) is 1. The summed E-state index contributed by atoms with van der Waals surface area (Å²) in [7, 11) is 0. The summed E-state index contributed by atoms with van der Waals surface area (Å²) in [6.45, 7) is 5.51. The molecular weight excluding hydrogens is 242 g/mol. The minimum absolute atomic E-state index is 0.224. The van der Waals surface area contributed by atoms with Gasteiger partial charge in [-0.3, -0.25) is 9.89 Å². The largest absolute Gasteiger partial charge is 0.481 e. The molecule has 2 N–H and O–H groups in total. The number of hydrogen-bond donors (Lipinski definition) is 2. The Hall–Kier alpha value is -2.30. The molecule has 0 aliphatic rings. The van der Waals surface area contributed by atoms with Gasteiger partial charge < -0.3 is 10.1 Å². The first-order valence-electron chi connectivity index (χ1n) is 6.12. The summed E-state index contributed by atoms with van der Waals surface area (Å²) in [6, 6.07) is 9.25. The highest BCUT2D eigenvalue weighted by Gasteiger charge is 2.17. The van der Waals surface area contributed by atoms with Crippen LogP contribution < -0.4 is 10.1 Å². The van der Waals surface area contributed by atoms with Crippen molar-refractivity contribution in [1.29, 1.82) is 0 Å². The van der Waals surface area contributed by atoms with E-state index < -0.39 is 6.10 Å². The molecule has 2 rings (SSSR count). The summed E-state index contributed by atoms with van der Waals surface area (Å²) < 4.78 is 5.54. The molecular formula is C14H17N3O2. The maximum absolute atomic E-state index is 12.0. The van der Waals surface area contributed by atoms with Crippen LogP contribution in [0.3, 0.4) is 0 Å².